The van der Waals surface area contributed by atoms with Crippen molar-refractivity contribution in [1.29, 1.82) is 0 Å². The summed E-state index contributed by atoms with van der Waals surface area (Å²) in [5, 5.41) is 2.26. The average molecular weight is 768 g/mol. The van der Waals surface area contributed by atoms with Crippen molar-refractivity contribution in [2.45, 2.75) is 24.7 Å². The van der Waals surface area contributed by atoms with Gasteiger partial charge in [-0.15, -0.1) is 0 Å². The molecule has 2 heteroatoms. The Balaban J connectivity index is 1.12. The van der Waals surface area contributed by atoms with E-state index in [-0.39, 0.29) is 10.8 Å². The molecule has 9 aromatic carbocycles. The Morgan fingerprint density at radius 1 is 0.383 bits per heavy atom. The van der Waals surface area contributed by atoms with E-state index in [9.17, 15) is 0 Å². The molecule has 12 rings (SSSR count). The van der Waals surface area contributed by atoms with Crippen molar-refractivity contribution in [2.75, 3.05) is 4.90 Å². The SMILES string of the molecule is CC1(c2ccccc2)c2ccccc2-c2ccc(N(c3cccc(-c4cccc5c4oc4ccccc45)c3)c3cccc4c3-c3ccccc3C4(C)c3ccccc3)cc21. The summed E-state index contributed by atoms with van der Waals surface area (Å²) < 4.78 is 6.60. The number of anilines is 3. The second-order valence-corrected chi connectivity index (χ2v) is 16.7. The molecule has 0 aliphatic heterocycles. The fourth-order valence-corrected chi connectivity index (χ4v) is 10.7. The summed E-state index contributed by atoms with van der Waals surface area (Å²) in [6, 6.07) is 77.9. The molecule has 1 aromatic heterocycles. The fourth-order valence-electron chi connectivity index (χ4n) is 10.7. The van der Waals surface area contributed by atoms with Crippen molar-refractivity contribution in [2.24, 2.45) is 0 Å². The van der Waals surface area contributed by atoms with Gasteiger partial charge in [-0.2, -0.15) is 0 Å². The lowest BCUT2D eigenvalue weighted by atomic mass is 9.74. The summed E-state index contributed by atoms with van der Waals surface area (Å²) in [5.41, 5.74) is 19.6. The molecule has 284 valence electrons. The standard InChI is InChI=1S/C58H41NO/c1-57(39-19-5-3-6-20-39)50-30-13-10-26-48(50)55-51(57)31-17-32-53(55)59(41-23-15-18-38(36-41)43-27-16-28-47-46-25-11-14-33-54(46)60-56(43)47)42-34-35-45-44-24-9-12-29-49(44)58(2,52(45)37-42)40-21-7-4-8-22-40/h3-37H,1-2H3. The highest BCUT2D eigenvalue weighted by Gasteiger charge is 2.44. The van der Waals surface area contributed by atoms with Crippen molar-refractivity contribution in [1.82, 2.24) is 0 Å². The van der Waals surface area contributed by atoms with Gasteiger partial charge in [-0.05, 0) is 106 Å². The van der Waals surface area contributed by atoms with Gasteiger partial charge in [-0.3, -0.25) is 0 Å². The molecule has 0 saturated carbocycles. The molecule has 2 atom stereocenters. The summed E-state index contributed by atoms with van der Waals surface area (Å²) in [7, 11) is 0. The summed E-state index contributed by atoms with van der Waals surface area (Å²) in [6.07, 6.45) is 0. The van der Waals surface area contributed by atoms with E-state index in [2.05, 4.69) is 225 Å². The van der Waals surface area contributed by atoms with Gasteiger partial charge in [0.2, 0.25) is 0 Å². The van der Waals surface area contributed by atoms with Gasteiger partial charge in [0.15, 0.2) is 0 Å². The van der Waals surface area contributed by atoms with E-state index in [0.29, 0.717) is 0 Å². The monoisotopic (exact) mass is 767 g/mol. The lowest BCUT2D eigenvalue weighted by Gasteiger charge is -2.32. The molecule has 2 aliphatic rings. The van der Waals surface area contributed by atoms with Gasteiger partial charge in [0.25, 0.3) is 0 Å². The van der Waals surface area contributed by atoms with Gasteiger partial charge in [0, 0.05) is 44.1 Å². The molecule has 0 amide bonds. The molecule has 0 bridgehead atoms. The largest absolute Gasteiger partial charge is 0.455 e. The van der Waals surface area contributed by atoms with E-state index in [1.54, 1.807) is 0 Å². The van der Waals surface area contributed by atoms with Crippen LogP contribution in [0.5, 0.6) is 0 Å². The molecule has 10 aromatic rings. The van der Waals surface area contributed by atoms with E-state index >= 15 is 0 Å². The third kappa shape index (κ3) is 4.82. The summed E-state index contributed by atoms with van der Waals surface area (Å²) in [5.74, 6) is 0. The number of rotatable bonds is 6. The van der Waals surface area contributed by atoms with Crippen molar-refractivity contribution in [3.05, 3.63) is 246 Å². The first-order valence-electron chi connectivity index (χ1n) is 20.9. The first-order chi connectivity index (χ1) is 29.5. The number of hydrogen-bond acceptors (Lipinski definition) is 2. The van der Waals surface area contributed by atoms with Crippen LogP contribution in [0.15, 0.2) is 217 Å². The number of furan rings is 1. The number of para-hydroxylation sites is 2. The first-order valence-corrected chi connectivity index (χ1v) is 20.9. The predicted octanol–water partition coefficient (Wildman–Crippen LogP) is 15.4. The van der Waals surface area contributed by atoms with Crippen LogP contribution < -0.4 is 4.90 Å². The van der Waals surface area contributed by atoms with Gasteiger partial charge < -0.3 is 9.32 Å². The first kappa shape index (κ1) is 34.6. The Labute approximate surface area is 350 Å². The topological polar surface area (TPSA) is 16.4 Å². The molecule has 0 spiro atoms. The molecular formula is C58H41NO. The normalized spacial score (nSPS) is 17.3. The fraction of sp³-hybridized carbons (Fsp3) is 0.0690. The highest BCUT2D eigenvalue weighted by molar-refractivity contribution is 6.10. The second-order valence-electron chi connectivity index (χ2n) is 16.7. The van der Waals surface area contributed by atoms with Crippen LogP contribution in [0.25, 0.3) is 55.3 Å². The van der Waals surface area contributed by atoms with Gasteiger partial charge in [-0.25, -0.2) is 0 Å². The Hall–Kier alpha value is -7.42. The van der Waals surface area contributed by atoms with Crippen molar-refractivity contribution >= 4 is 39.0 Å². The number of benzene rings is 9. The van der Waals surface area contributed by atoms with E-state index in [4.69, 9.17) is 4.42 Å². The van der Waals surface area contributed by atoms with Crippen LogP contribution in [0.3, 0.4) is 0 Å². The van der Waals surface area contributed by atoms with Crippen LogP contribution in [-0.4, -0.2) is 0 Å². The van der Waals surface area contributed by atoms with E-state index < -0.39 is 0 Å². The number of fused-ring (bicyclic) bond motifs is 9. The Morgan fingerprint density at radius 3 is 1.72 bits per heavy atom. The van der Waals surface area contributed by atoms with Gasteiger partial charge in [-0.1, -0.05) is 176 Å². The molecule has 2 unspecified atom stereocenters. The summed E-state index contributed by atoms with van der Waals surface area (Å²) in [6.45, 7) is 4.80. The minimum Gasteiger partial charge on any atom is -0.455 e. The second kappa shape index (κ2) is 13.0. The molecule has 0 N–H and O–H groups in total. The average Bonchev–Trinajstić information content (AvgIpc) is 3.92. The molecule has 60 heavy (non-hydrogen) atoms. The Bertz CT molecular complexity index is 3310. The third-order valence-corrected chi connectivity index (χ3v) is 13.6. The Morgan fingerprint density at radius 2 is 0.933 bits per heavy atom. The van der Waals surface area contributed by atoms with E-state index in [1.807, 2.05) is 6.07 Å². The highest BCUT2D eigenvalue weighted by Crippen LogP contribution is 2.58. The van der Waals surface area contributed by atoms with Crippen LogP contribution in [0, 0.1) is 0 Å². The van der Waals surface area contributed by atoms with Gasteiger partial charge >= 0.3 is 0 Å². The van der Waals surface area contributed by atoms with Gasteiger partial charge in [0.05, 0.1) is 5.69 Å². The molecule has 0 saturated heterocycles. The maximum Gasteiger partial charge on any atom is 0.143 e. The van der Waals surface area contributed by atoms with Crippen LogP contribution in [0.2, 0.25) is 0 Å². The summed E-state index contributed by atoms with van der Waals surface area (Å²) >= 11 is 0. The van der Waals surface area contributed by atoms with E-state index in [1.165, 1.54) is 55.6 Å². The molecule has 0 fully saturated rings. The zero-order valence-electron chi connectivity index (χ0n) is 33.6. The lowest BCUT2D eigenvalue weighted by Crippen LogP contribution is -2.23. The zero-order chi connectivity index (χ0) is 40.0. The molecular weight excluding hydrogens is 727 g/mol. The molecule has 2 nitrogen and oxygen atoms in total. The number of nitrogens with zero attached hydrogens (tertiary/aromatic N) is 1. The number of hydrogen-bond donors (Lipinski definition) is 0. The summed E-state index contributed by atoms with van der Waals surface area (Å²) in [4.78, 5) is 2.50. The quantitative estimate of drug-likeness (QED) is 0.168. The minimum atomic E-state index is -0.342. The van der Waals surface area contributed by atoms with Crippen LogP contribution in [-0.2, 0) is 10.8 Å². The van der Waals surface area contributed by atoms with Crippen molar-refractivity contribution in [3.8, 4) is 33.4 Å². The maximum absolute atomic E-state index is 6.60. The highest BCUT2D eigenvalue weighted by atomic mass is 16.3. The Kier molecular flexibility index (Phi) is 7.52. The van der Waals surface area contributed by atoms with Crippen LogP contribution in [0.4, 0.5) is 17.1 Å². The van der Waals surface area contributed by atoms with E-state index in [0.717, 1.165) is 50.1 Å². The molecule has 1 heterocycles. The predicted molar refractivity (Wildman–Crippen MR) is 249 cm³/mol. The third-order valence-electron chi connectivity index (χ3n) is 13.6. The van der Waals surface area contributed by atoms with Crippen LogP contribution >= 0.6 is 0 Å². The van der Waals surface area contributed by atoms with Gasteiger partial charge in [0.1, 0.15) is 11.2 Å². The smallest absolute Gasteiger partial charge is 0.143 e. The molecule has 2 aliphatic carbocycles. The molecule has 0 radical (unpaired) electrons. The van der Waals surface area contributed by atoms with Crippen molar-refractivity contribution in [3.63, 3.8) is 0 Å². The zero-order valence-corrected chi connectivity index (χ0v) is 33.6. The maximum atomic E-state index is 6.60. The van der Waals surface area contributed by atoms with Crippen LogP contribution in [0.1, 0.15) is 47.2 Å². The minimum absolute atomic E-state index is 0.334. The van der Waals surface area contributed by atoms with Crippen molar-refractivity contribution < 1.29 is 4.42 Å². The lowest BCUT2D eigenvalue weighted by molar-refractivity contribution is 0.670.